The van der Waals surface area contributed by atoms with Crippen LogP contribution in [0.15, 0.2) is 0 Å². The zero-order valence-electron chi connectivity index (χ0n) is 7.31. The summed E-state index contributed by atoms with van der Waals surface area (Å²) in [6.45, 7) is 2.33. The smallest absolute Gasteiger partial charge is 0.374 e. The fourth-order valence-electron chi connectivity index (χ4n) is 0.526. The molecule has 6 nitrogen and oxygen atoms in total. The molecule has 0 saturated carbocycles. The van der Waals surface area contributed by atoms with Gasteiger partial charge in [0.15, 0.2) is 0 Å². The second kappa shape index (κ2) is 4.56. The average molecular weight is 189 g/mol. The van der Waals surface area contributed by atoms with Crippen LogP contribution in [0.1, 0.15) is 13.8 Å². The number of carboxylic acid groups (broad SMARTS) is 1. The number of aliphatic carboxylic acids is 1. The van der Waals surface area contributed by atoms with Crippen LogP contribution in [0.4, 0.5) is 0 Å². The molecule has 0 unspecified atom stereocenters. The molecule has 0 aromatic heterocycles. The molecule has 0 spiro atoms. The Morgan fingerprint density at radius 3 is 2.15 bits per heavy atom. The van der Waals surface area contributed by atoms with Gasteiger partial charge in [-0.05, 0) is 6.92 Å². The molecule has 0 radical (unpaired) electrons. The number of nitrogens with two attached hydrogens (primary N) is 1. The monoisotopic (exact) mass is 189 g/mol. The van der Waals surface area contributed by atoms with Gasteiger partial charge in [0.2, 0.25) is 5.78 Å². The standard InChI is InChI=1S/C7H11NO5/c1-3(9)7(12)13-4(2)5(8)6(10)11/h4-5H,8H2,1-2H3,(H,10,11)/t4-,5+/m1/s1. The number of carbonyl (C=O) groups excluding carboxylic acids is 2. The number of carbonyl (C=O) groups is 3. The highest BCUT2D eigenvalue weighted by atomic mass is 16.5. The lowest BCUT2D eigenvalue weighted by molar-refractivity contribution is -0.159. The first-order chi connectivity index (χ1) is 5.86. The maximum atomic E-state index is 10.7. The van der Waals surface area contributed by atoms with Crippen molar-refractivity contribution in [3.05, 3.63) is 0 Å². The zero-order chi connectivity index (χ0) is 10.6. The summed E-state index contributed by atoms with van der Waals surface area (Å²) in [6, 6.07) is -1.32. The first-order valence-electron chi connectivity index (χ1n) is 3.56. The molecule has 13 heavy (non-hydrogen) atoms. The van der Waals surface area contributed by atoms with Crippen molar-refractivity contribution in [1.82, 2.24) is 0 Å². The van der Waals surface area contributed by atoms with Crippen LogP contribution in [-0.2, 0) is 19.1 Å². The average Bonchev–Trinajstić information content (AvgIpc) is 2.02. The van der Waals surface area contributed by atoms with Gasteiger partial charge in [-0.15, -0.1) is 0 Å². The van der Waals surface area contributed by atoms with Crippen LogP contribution in [0.2, 0.25) is 0 Å². The second-order valence-electron chi connectivity index (χ2n) is 2.53. The Hall–Kier alpha value is -1.43. The quantitative estimate of drug-likeness (QED) is 0.430. The van der Waals surface area contributed by atoms with Gasteiger partial charge in [-0.25, -0.2) is 4.79 Å². The van der Waals surface area contributed by atoms with Crippen LogP contribution in [0.5, 0.6) is 0 Å². The van der Waals surface area contributed by atoms with Crippen molar-refractivity contribution >= 4 is 17.7 Å². The van der Waals surface area contributed by atoms with Crippen LogP contribution in [0.25, 0.3) is 0 Å². The molecule has 6 heteroatoms. The first kappa shape index (κ1) is 11.6. The highest BCUT2D eigenvalue weighted by molar-refractivity contribution is 6.32. The number of hydrogen-bond donors (Lipinski definition) is 2. The van der Waals surface area contributed by atoms with Crippen molar-refractivity contribution < 1.29 is 24.2 Å². The Kier molecular flexibility index (Phi) is 4.06. The van der Waals surface area contributed by atoms with Gasteiger partial charge in [-0.3, -0.25) is 9.59 Å². The number of rotatable bonds is 4. The van der Waals surface area contributed by atoms with Crippen LogP contribution in [-0.4, -0.2) is 35.0 Å². The number of ketones is 1. The Bertz CT molecular complexity index is 237. The Morgan fingerprint density at radius 1 is 1.38 bits per heavy atom. The number of Topliss-reactive ketones (excluding diaryl/α,β-unsaturated/α-hetero) is 1. The third-order valence-electron chi connectivity index (χ3n) is 1.37. The Labute approximate surface area is 74.7 Å². The van der Waals surface area contributed by atoms with E-state index in [0.29, 0.717) is 0 Å². The van der Waals surface area contributed by atoms with E-state index in [2.05, 4.69) is 4.74 Å². The van der Waals surface area contributed by atoms with Gasteiger partial charge in [0, 0.05) is 6.92 Å². The predicted octanol–water partition coefficient (Wildman–Crippen LogP) is -1.08. The van der Waals surface area contributed by atoms with E-state index in [9.17, 15) is 14.4 Å². The van der Waals surface area contributed by atoms with Gasteiger partial charge in [-0.1, -0.05) is 0 Å². The highest BCUT2D eigenvalue weighted by Gasteiger charge is 2.24. The van der Waals surface area contributed by atoms with E-state index in [0.717, 1.165) is 6.92 Å². The minimum atomic E-state index is -1.32. The summed E-state index contributed by atoms with van der Waals surface area (Å²) in [5.74, 6) is -3.16. The number of ether oxygens (including phenoxy) is 1. The molecule has 0 bridgehead atoms. The van der Waals surface area contributed by atoms with Crippen molar-refractivity contribution in [2.45, 2.75) is 26.0 Å². The summed E-state index contributed by atoms with van der Waals surface area (Å²) in [4.78, 5) is 31.4. The van der Waals surface area contributed by atoms with Crippen molar-refractivity contribution in [3.8, 4) is 0 Å². The molecule has 0 aromatic carbocycles. The molecule has 0 aliphatic rings. The lowest BCUT2D eigenvalue weighted by Gasteiger charge is -2.15. The number of hydrogen-bond acceptors (Lipinski definition) is 5. The fraction of sp³-hybridized carbons (Fsp3) is 0.571. The SMILES string of the molecule is CC(=O)C(=O)O[C@H](C)[C@H](N)C(=O)O. The van der Waals surface area contributed by atoms with Crippen molar-refractivity contribution in [1.29, 1.82) is 0 Å². The van der Waals surface area contributed by atoms with Gasteiger partial charge in [0.25, 0.3) is 0 Å². The van der Waals surface area contributed by atoms with E-state index in [-0.39, 0.29) is 0 Å². The maximum Gasteiger partial charge on any atom is 0.374 e. The summed E-state index contributed by atoms with van der Waals surface area (Å²) >= 11 is 0. The minimum Gasteiger partial charge on any atom is -0.480 e. The minimum absolute atomic E-state index is 0.788. The van der Waals surface area contributed by atoms with Gasteiger partial charge < -0.3 is 15.6 Å². The molecule has 0 aromatic rings. The summed E-state index contributed by atoms with van der Waals surface area (Å²) < 4.78 is 4.44. The fourth-order valence-corrected chi connectivity index (χ4v) is 0.526. The number of carboxylic acids is 1. The summed E-state index contributed by atoms with van der Waals surface area (Å²) in [5, 5.41) is 8.40. The van der Waals surface area contributed by atoms with Crippen LogP contribution < -0.4 is 5.73 Å². The summed E-state index contributed by atoms with van der Waals surface area (Å²) in [6.07, 6.45) is -1.02. The van der Waals surface area contributed by atoms with Crippen molar-refractivity contribution in [3.63, 3.8) is 0 Å². The van der Waals surface area contributed by atoms with Gasteiger partial charge in [0.1, 0.15) is 12.1 Å². The Balaban J connectivity index is 4.15. The molecule has 0 aliphatic heterocycles. The molecule has 0 heterocycles. The lowest BCUT2D eigenvalue weighted by atomic mass is 10.2. The molecule has 0 amide bonds. The third kappa shape index (κ3) is 3.66. The molecule has 0 fully saturated rings. The molecular formula is C7H11NO5. The first-order valence-corrected chi connectivity index (χ1v) is 3.56. The molecule has 0 saturated heterocycles. The van der Waals surface area contributed by atoms with Gasteiger partial charge in [-0.2, -0.15) is 0 Å². The Morgan fingerprint density at radius 2 is 1.85 bits per heavy atom. The summed E-state index contributed by atoms with van der Waals surface area (Å²) in [5.41, 5.74) is 5.12. The van der Waals surface area contributed by atoms with E-state index in [1.165, 1.54) is 6.92 Å². The van der Waals surface area contributed by atoms with Crippen LogP contribution in [0, 0.1) is 0 Å². The van der Waals surface area contributed by atoms with E-state index in [4.69, 9.17) is 10.8 Å². The van der Waals surface area contributed by atoms with E-state index in [1.54, 1.807) is 0 Å². The van der Waals surface area contributed by atoms with Gasteiger partial charge in [0.05, 0.1) is 0 Å². The molecule has 0 rings (SSSR count). The van der Waals surface area contributed by atoms with Crippen molar-refractivity contribution in [2.24, 2.45) is 5.73 Å². The number of esters is 1. The zero-order valence-corrected chi connectivity index (χ0v) is 7.31. The topological polar surface area (TPSA) is 107 Å². The normalized spacial score (nSPS) is 14.4. The molecule has 0 aliphatic carbocycles. The molecular weight excluding hydrogens is 178 g/mol. The molecule has 74 valence electrons. The van der Waals surface area contributed by atoms with Crippen LogP contribution >= 0.6 is 0 Å². The molecule has 3 N–H and O–H groups in total. The maximum absolute atomic E-state index is 10.7. The van der Waals surface area contributed by atoms with E-state index < -0.39 is 29.9 Å². The largest absolute Gasteiger partial charge is 0.480 e. The van der Waals surface area contributed by atoms with Gasteiger partial charge >= 0.3 is 11.9 Å². The van der Waals surface area contributed by atoms with E-state index in [1.807, 2.05) is 0 Å². The van der Waals surface area contributed by atoms with E-state index >= 15 is 0 Å². The lowest BCUT2D eigenvalue weighted by Crippen LogP contribution is -2.43. The third-order valence-corrected chi connectivity index (χ3v) is 1.37. The molecule has 2 atom stereocenters. The van der Waals surface area contributed by atoms with Crippen molar-refractivity contribution in [2.75, 3.05) is 0 Å². The second-order valence-corrected chi connectivity index (χ2v) is 2.53. The highest BCUT2D eigenvalue weighted by Crippen LogP contribution is 1.97. The predicted molar refractivity (Wildman–Crippen MR) is 41.8 cm³/mol. The summed E-state index contributed by atoms with van der Waals surface area (Å²) in [7, 11) is 0. The van der Waals surface area contributed by atoms with Crippen LogP contribution in [0.3, 0.4) is 0 Å².